The molecule has 0 spiro atoms. The minimum atomic E-state index is -0.517. The van der Waals surface area contributed by atoms with Gasteiger partial charge in [-0.3, -0.25) is 14.6 Å². The summed E-state index contributed by atoms with van der Waals surface area (Å²) in [5.74, 6) is -0.231. The first kappa shape index (κ1) is 22.7. The third-order valence-electron chi connectivity index (χ3n) is 5.13. The standard InChI is InChI=1S/C22H23ClFN3O4S/c1-29-18-7-6-15(23)21-20(18)25-22(32-21)27(9-8-26-10-12-30-13-11-26)19(28)14-31-17-5-3-2-4-16(17)24/h2-7H,8-14H2,1H3. The van der Waals surface area contributed by atoms with Crippen molar-refractivity contribution in [3.8, 4) is 11.5 Å². The van der Waals surface area contributed by atoms with E-state index in [-0.39, 0.29) is 18.3 Å². The Hall–Kier alpha value is -2.46. The topological polar surface area (TPSA) is 64.1 Å². The molecule has 1 aromatic heterocycles. The Morgan fingerprint density at radius 3 is 2.78 bits per heavy atom. The lowest BCUT2D eigenvalue weighted by molar-refractivity contribution is -0.120. The highest BCUT2D eigenvalue weighted by Crippen LogP contribution is 2.38. The maximum absolute atomic E-state index is 13.9. The average molecular weight is 480 g/mol. The number of nitrogens with zero attached hydrogens (tertiary/aromatic N) is 3. The predicted octanol–water partition coefficient (Wildman–Crippen LogP) is 3.84. The highest BCUT2D eigenvalue weighted by Gasteiger charge is 2.24. The Bertz CT molecular complexity index is 1090. The zero-order chi connectivity index (χ0) is 22.5. The van der Waals surface area contributed by atoms with Crippen LogP contribution in [0.15, 0.2) is 36.4 Å². The van der Waals surface area contributed by atoms with Gasteiger partial charge in [-0.15, -0.1) is 0 Å². The molecule has 0 unspecified atom stereocenters. The van der Waals surface area contributed by atoms with Crippen molar-refractivity contribution in [1.82, 2.24) is 9.88 Å². The van der Waals surface area contributed by atoms with E-state index in [1.165, 1.54) is 23.5 Å². The molecule has 170 valence electrons. The first-order chi connectivity index (χ1) is 15.6. The van der Waals surface area contributed by atoms with Crippen molar-refractivity contribution >= 4 is 44.2 Å². The van der Waals surface area contributed by atoms with Crippen LogP contribution in [-0.2, 0) is 9.53 Å². The van der Waals surface area contributed by atoms with Crippen molar-refractivity contribution in [2.24, 2.45) is 0 Å². The zero-order valence-corrected chi connectivity index (χ0v) is 19.1. The van der Waals surface area contributed by atoms with Crippen LogP contribution >= 0.6 is 22.9 Å². The molecule has 1 fully saturated rings. The van der Waals surface area contributed by atoms with E-state index in [1.807, 2.05) is 0 Å². The van der Waals surface area contributed by atoms with Crippen LogP contribution in [0.5, 0.6) is 11.5 Å². The molecular formula is C22H23ClFN3O4S. The zero-order valence-electron chi connectivity index (χ0n) is 17.6. The molecule has 2 aromatic carbocycles. The first-order valence-corrected chi connectivity index (χ1v) is 11.4. The second-order valence-electron chi connectivity index (χ2n) is 7.14. The van der Waals surface area contributed by atoms with E-state index in [0.29, 0.717) is 47.7 Å². The fourth-order valence-corrected chi connectivity index (χ4v) is 4.69. The molecule has 1 aliphatic heterocycles. The Kier molecular flexibility index (Phi) is 7.41. The summed E-state index contributed by atoms with van der Waals surface area (Å²) in [4.78, 5) is 21.6. The molecule has 1 saturated heterocycles. The molecule has 7 nitrogen and oxygen atoms in total. The summed E-state index contributed by atoms with van der Waals surface area (Å²) < 4.78 is 30.9. The van der Waals surface area contributed by atoms with E-state index in [9.17, 15) is 9.18 Å². The van der Waals surface area contributed by atoms with E-state index < -0.39 is 5.82 Å². The summed E-state index contributed by atoms with van der Waals surface area (Å²) in [6.45, 7) is 3.66. The number of anilines is 1. The van der Waals surface area contributed by atoms with E-state index in [2.05, 4.69) is 9.88 Å². The molecule has 0 bridgehead atoms. The number of rotatable bonds is 8. The van der Waals surface area contributed by atoms with E-state index in [4.69, 9.17) is 25.8 Å². The van der Waals surface area contributed by atoms with Crippen LogP contribution in [0.2, 0.25) is 5.02 Å². The second kappa shape index (κ2) is 10.4. The van der Waals surface area contributed by atoms with Gasteiger partial charge < -0.3 is 14.2 Å². The van der Waals surface area contributed by atoms with Crippen molar-refractivity contribution in [2.45, 2.75) is 0 Å². The van der Waals surface area contributed by atoms with Crippen molar-refractivity contribution in [3.63, 3.8) is 0 Å². The smallest absolute Gasteiger partial charge is 0.266 e. The Labute approximate surface area is 194 Å². The van der Waals surface area contributed by atoms with Crippen LogP contribution in [0.3, 0.4) is 0 Å². The number of benzene rings is 2. The molecule has 10 heteroatoms. The number of carbonyl (C=O) groups is 1. The lowest BCUT2D eigenvalue weighted by Gasteiger charge is -2.29. The third-order valence-corrected chi connectivity index (χ3v) is 6.67. The van der Waals surface area contributed by atoms with Gasteiger partial charge in [0.15, 0.2) is 23.3 Å². The Morgan fingerprint density at radius 2 is 2.03 bits per heavy atom. The van der Waals surface area contributed by atoms with Crippen LogP contribution in [0, 0.1) is 5.82 Å². The van der Waals surface area contributed by atoms with Crippen LogP contribution in [0.4, 0.5) is 9.52 Å². The van der Waals surface area contributed by atoms with Gasteiger partial charge in [0.1, 0.15) is 11.3 Å². The van der Waals surface area contributed by atoms with Crippen molar-refractivity contribution in [3.05, 3.63) is 47.2 Å². The summed E-state index contributed by atoms with van der Waals surface area (Å²) in [6.07, 6.45) is 0. The van der Waals surface area contributed by atoms with Crippen LogP contribution in [0.1, 0.15) is 0 Å². The van der Waals surface area contributed by atoms with Crippen LogP contribution < -0.4 is 14.4 Å². The summed E-state index contributed by atoms with van der Waals surface area (Å²) in [5.41, 5.74) is 0.596. The van der Waals surface area contributed by atoms with Gasteiger partial charge in [0.2, 0.25) is 0 Å². The Morgan fingerprint density at radius 1 is 1.25 bits per heavy atom. The molecule has 0 atom stereocenters. The number of halogens is 2. The quantitative estimate of drug-likeness (QED) is 0.489. The number of amides is 1. The molecule has 0 radical (unpaired) electrons. The molecule has 4 rings (SSSR count). The largest absolute Gasteiger partial charge is 0.494 e. The number of para-hydroxylation sites is 1. The molecule has 1 aliphatic rings. The van der Waals surface area contributed by atoms with E-state index in [1.54, 1.807) is 36.3 Å². The number of methoxy groups -OCH3 is 1. The fourth-order valence-electron chi connectivity index (χ4n) is 3.39. The van der Waals surface area contributed by atoms with E-state index >= 15 is 0 Å². The van der Waals surface area contributed by atoms with Gasteiger partial charge in [0.25, 0.3) is 5.91 Å². The maximum atomic E-state index is 13.9. The predicted molar refractivity (Wildman–Crippen MR) is 123 cm³/mol. The van der Waals surface area contributed by atoms with Crippen LogP contribution in [0.25, 0.3) is 10.2 Å². The monoisotopic (exact) mass is 479 g/mol. The maximum Gasteiger partial charge on any atom is 0.266 e. The number of aromatic nitrogens is 1. The van der Waals surface area contributed by atoms with Gasteiger partial charge >= 0.3 is 0 Å². The molecule has 1 amide bonds. The number of hydrogen-bond acceptors (Lipinski definition) is 7. The summed E-state index contributed by atoms with van der Waals surface area (Å²) in [7, 11) is 1.56. The number of morpholine rings is 1. The molecule has 32 heavy (non-hydrogen) atoms. The van der Waals surface area contributed by atoms with Gasteiger partial charge in [-0.25, -0.2) is 9.37 Å². The number of hydrogen-bond donors (Lipinski definition) is 0. The Balaban J connectivity index is 1.58. The second-order valence-corrected chi connectivity index (χ2v) is 8.53. The summed E-state index contributed by atoms with van der Waals surface area (Å²) >= 11 is 7.67. The number of fused-ring (bicyclic) bond motifs is 1. The average Bonchev–Trinajstić information content (AvgIpc) is 3.26. The fraction of sp³-hybridized carbons (Fsp3) is 0.364. The van der Waals surface area contributed by atoms with Crippen molar-refractivity contribution in [2.75, 3.05) is 58.0 Å². The lowest BCUT2D eigenvalue weighted by Crippen LogP contribution is -2.44. The van der Waals surface area contributed by atoms with Gasteiger partial charge in [-0.1, -0.05) is 35.1 Å². The number of carbonyl (C=O) groups excluding carboxylic acids is 1. The summed E-state index contributed by atoms with van der Waals surface area (Å²) in [5, 5.41) is 1.02. The molecule has 0 saturated carbocycles. The first-order valence-electron chi connectivity index (χ1n) is 10.2. The molecule has 0 aliphatic carbocycles. The highest BCUT2D eigenvalue weighted by molar-refractivity contribution is 7.23. The molecule has 3 aromatic rings. The van der Waals surface area contributed by atoms with Gasteiger partial charge in [0.05, 0.1) is 30.0 Å². The van der Waals surface area contributed by atoms with Gasteiger partial charge in [0, 0.05) is 26.2 Å². The number of ether oxygens (including phenoxy) is 3. The summed E-state index contributed by atoms with van der Waals surface area (Å²) in [6, 6.07) is 9.49. The minimum absolute atomic E-state index is 0.0305. The lowest BCUT2D eigenvalue weighted by atomic mass is 10.3. The third kappa shape index (κ3) is 5.12. The normalized spacial score (nSPS) is 14.5. The SMILES string of the molecule is COc1ccc(Cl)c2sc(N(CCN3CCOCC3)C(=O)COc3ccccc3F)nc12. The number of thiazole rings is 1. The highest BCUT2D eigenvalue weighted by atomic mass is 35.5. The molecule has 0 N–H and O–H groups in total. The van der Waals surface area contributed by atoms with Gasteiger partial charge in [-0.2, -0.15) is 0 Å². The van der Waals surface area contributed by atoms with Crippen molar-refractivity contribution < 1.29 is 23.4 Å². The van der Waals surface area contributed by atoms with Gasteiger partial charge in [-0.05, 0) is 24.3 Å². The minimum Gasteiger partial charge on any atom is -0.494 e. The van der Waals surface area contributed by atoms with E-state index in [0.717, 1.165) is 17.8 Å². The van der Waals surface area contributed by atoms with Crippen LogP contribution in [-0.4, -0.2) is 68.9 Å². The molecular weight excluding hydrogens is 457 g/mol. The molecule has 2 heterocycles. The van der Waals surface area contributed by atoms with Crippen molar-refractivity contribution in [1.29, 1.82) is 0 Å².